The van der Waals surface area contributed by atoms with Gasteiger partial charge in [0.15, 0.2) is 0 Å². The van der Waals surface area contributed by atoms with E-state index in [4.69, 9.17) is 4.74 Å². The Hall–Kier alpha value is -4.56. The molecule has 0 aromatic rings. The van der Waals surface area contributed by atoms with Crippen molar-refractivity contribution in [2.24, 2.45) is 59.2 Å². The lowest BCUT2D eigenvalue weighted by Gasteiger charge is -2.48. The summed E-state index contributed by atoms with van der Waals surface area (Å²) in [5.74, 6) is -24.8. The number of rotatable bonds is 8. The number of hydrogen-bond acceptors (Lipinski definition) is 9. The number of ether oxygens (including phenoxy) is 1. The van der Waals surface area contributed by atoms with Crippen LogP contribution in [-0.2, 0) is 43.1 Å². The van der Waals surface area contributed by atoms with Crippen molar-refractivity contribution in [2.75, 3.05) is 0 Å². The summed E-state index contributed by atoms with van der Waals surface area (Å²) >= 11 is 0. The van der Waals surface area contributed by atoms with Gasteiger partial charge in [-0.25, -0.2) is 0 Å². The van der Waals surface area contributed by atoms with Gasteiger partial charge in [0.2, 0.25) is 0 Å². The van der Waals surface area contributed by atoms with Crippen LogP contribution in [-0.4, -0.2) is 78.4 Å². The Balaban J connectivity index is 1.69. The highest BCUT2D eigenvalue weighted by Gasteiger charge is 2.58. The van der Waals surface area contributed by atoms with E-state index in [1.807, 2.05) is 0 Å². The number of carboxylic acids is 6. The Kier molecular flexibility index (Phi) is 9.22. The zero-order valence-corrected chi connectivity index (χ0v) is 24.4. The third kappa shape index (κ3) is 5.82. The van der Waals surface area contributed by atoms with Crippen LogP contribution in [0.2, 0.25) is 0 Å². The minimum absolute atomic E-state index is 0.00230. The van der Waals surface area contributed by atoms with E-state index in [-0.39, 0.29) is 60.8 Å². The molecule has 4 rings (SSSR count). The molecule has 0 radical (unpaired) electrons. The van der Waals surface area contributed by atoms with Crippen LogP contribution in [0.25, 0.3) is 0 Å². The average molecular weight is 635 g/mol. The highest BCUT2D eigenvalue weighted by Crippen LogP contribution is 2.53. The summed E-state index contributed by atoms with van der Waals surface area (Å²) in [4.78, 5) is 100. The molecule has 0 aliphatic heterocycles. The van der Waals surface area contributed by atoms with Crippen molar-refractivity contribution in [1.29, 1.82) is 0 Å². The molecule has 45 heavy (non-hydrogen) atoms. The molecule has 10 atom stereocenters. The van der Waals surface area contributed by atoms with Crippen molar-refractivity contribution < 1.29 is 73.7 Å². The predicted octanol–water partition coefficient (Wildman–Crippen LogP) is 1.75. The van der Waals surface area contributed by atoms with Crippen molar-refractivity contribution in [2.45, 2.75) is 52.4 Å². The number of carbonyl (C=O) groups is 8. The monoisotopic (exact) mass is 634 g/mol. The Morgan fingerprint density at radius 2 is 0.778 bits per heavy atom. The number of hydrogen-bond donors (Lipinski definition) is 6. The molecule has 15 nitrogen and oxygen atoms in total. The summed E-state index contributed by atoms with van der Waals surface area (Å²) in [5, 5.41) is 59.3. The summed E-state index contributed by atoms with van der Waals surface area (Å²) in [5.41, 5.74) is 0.475. The topological polar surface area (TPSA) is 267 Å². The molecule has 2 saturated carbocycles. The van der Waals surface area contributed by atoms with Gasteiger partial charge in [0.1, 0.15) is 0 Å². The predicted molar refractivity (Wildman–Crippen MR) is 145 cm³/mol. The average Bonchev–Trinajstić information content (AvgIpc) is 2.94. The SMILES string of the molecule is CC1=C2C(=C(C)CC(C(=O)O)C2C(=O)O)C(C(=O)O)C(C(=O)OC(=O)C2CCC(C(=O)O)C3C(C(=O)O)CCC(C(=O)O)C23)C1. The molecule has 4 aliphatic carbocycles. The lowest BCUT2D eigenvalue weighted by molar-refractivity contribution is -0.181. The fourth-order valence-corrected chi connectivity index (χ4v) is 8.40. The van der Waals surface area contributed by atoms with E-state index in [9.17, 15) is 69.0 Å². The molecule has 10 unspecified atom stereocenters. The second-order valence-corrected chi connectivity index (χ2v) is 12.5. The van der Waals surface area contributed by atoms with E-state index < -0.39 is 107 Å². The van der Waals surface area contributed by atoms with Crippen molar-refractivity contribution >= 4 is 47.8 Å². The van der Waals surface area contributed by atoms with Gasteiger partial charge in [-0.1, -0.05) is 11.1 Å². The molecule has 244 valence electrons. The van der Waals surface area contributed by atoms with Crippen LogP contribution in [0.1, 0.15) is 52.4 Å². The first-order chi connectivity index (χ1) is 21.0. The largest absolute Gasteiger partial charge is 0.481 e. The smallest absolute Gasteiger partial charge is 0.318 e. The van der Waals surface area contributed by atoms with Gasteiger partial charge >= 0.3 is 47.8 Å². The highest BCUT2D eigenvalue weighted by molar-refractivity contribution is 5.94. The maximum absolute atomic E-state index is 13.5. The van der Waals surface area contributed by atoms with E-state index in [2.05, 4.69) is 0 Å². The summed E-state index contributed by atoms with van der Waals surface area (Å²) in [6, 6.07) is 0. The summed E-state index contributed by atoms with van der Waals surface area (Å²) in [6.07, 6.45) is -1.33. The summed E-state index contributed by atoms with van der Waals surface area (Å²) in [7, 11) is 0. The van der Waals surface area contributed by atoms with Gasteiger partial charge in [-0.3, -0.25) is 38.4 Å². The maximum atomic E-state index is 13.5. The Labute approximate surface area is 255 Å². The number of aliphatic carboxylic acids is 6. The molecule has 2 fully saturated rings. The number of allylic oxidation sites excluding steroid dienone is 2. The van der Waals surface area contributed by atoms with Gasteiger partial charge in [-0.05, 0) is 75.4 Å². The van der Waals surface area contributed by atoms with Gasteiger partial charge in [-0.2, -0.15) is 0 Å². The lowest BCUT2D eigenvalue weighted by Crippen LogP contribution is -2.54. The molecule has 0 aromatic carbocycles. The van der Waals surface area contributed by atoms with E-state index in [0.29, 0.717) is 0 Å². The van der Waals surface area contributed by atoms with Crippen molar-refractivity contribution in [3.63, 3.8) is 0 Å². The molecule has 0 aromatic heterocycles. The number of esters is 2. The lowest BCUT2D eigenvalue weighted by atomic mass is 9.54. The van der Waals surface area contributed by atoms with Crippen LogP contribution in [0.4, 0.5) is 0 Å². The number of carboxylic acid groups (broad SMARTS) is 6. The standard InChI is InChI=1S/C30H34O15/c1-9-7-15(26(37)38)21(27(39)40)17-10(2)8-16(22(18(9)17)28(41)42)30(44)45-29(43)14-6-5-12(24(33)34)19-11(23(31)32)3-4-13(20(14)19)25(35)36/h11-16,19-22H,3-8H2,1-2H3,(H,31,32)(H,33,34)(H,35,36)(H,37,38)(H,39,40)(H,41,42). The van der Waals surface area contributed by atoms with E-state index in [1.54, 1.807) is 0 Å². The van der Waals surface area contributed by atoms with Crippen molar-refractivity contribution in [3.8, 4) is 0 Å². The highest BCUT2D eigenvalue weighted by atomic mass is 16.6. The summed E-state index contributed by atoms with van der Waals surface area (Å²) in [6.45, 7) is 2.88. The van der Waals surface area contributed by atoms with Crippen molar-refractivity contribution in [1.82, 2.24) is 0 Å². The quantitative estimate of drug-likeness (QED) is 0.164. The van der Waals surface area contributed by atoms with Gasteiger partial charge in [0.05, 0.1) is 47.3 Å². The molecule has 15 heteroatoms. The van der Waals surface area contributed by atoms with Crippen LogP contribution in [0, 0.1) is 59.2 Å². The van der Waals surface area contributed by atoms with Gasteiger partial charge in [0.25, 0.3) is 0 Å². The third-order valence-electron chi connectivity index (χ3n) is 10.2. The van der Waals surface area contributed by atoms with E-state index in [0.717, 1.165) is 0 Å². The fraction of sp³-hybridized carbons (Fsp3) is 0.600. The number of carbonyl (C=O) groups excluding carboxylic acids is 2. The van der Waals surface area contributed by atoms with Gasteiger partial charge < -0.3 is 35.4 Å². The van der Waals surface area contributed by atoms with E-state index in [1.165, 1.54) is 13.8 Å². The molecule has 6 N–H and O–H groups in total. The van der Waals surface area contributed by atoms with Crippen LogP contribution < -0.4 is 0 Å². The molecule has 0 saturated heterocycles. The molecule has 0 amide bonds. The zero-order chi connectivity index (χ0) is 33.7. The van der Waals surface area contributed by atoms with Gasteiger partial charge in [0, 0.05) is 0 Å². The molecular weight excluding hydrogens is 600 g/mol. The minimum atomic E-state index is -1.69. The van der Waals surface area contributed by atoms with Gasteiger partial charge in [-0.15, -0.1) is 0 Å². The van der Waals surface area contributed by atoms with Crippen LogP contribution in [0.3, 0.4) is 0 Å². The minimum Gasteiger partial charge on any atom is -0.481 e. The molecule has 0 spiro atoms. The third-order valence-corrected chi connectivity index (χ3v) is 10.2. The zero-order valence-electron chi connectivity index (χ0n) is 24.4. The Morgan fingerprint density at radius 3 is 1.16 bits per heavy atom. The second kappa shape index (κ2) is 12.4. The molecule has 0 bridgehead atoms. The molecule has 4 aliphatic rings. The Morgan fingerprint density at radius 1 is 0.467 bits per heavy atom. The van der Waals surface area contributed by atoms with Crippen molar-refractivity contribution in [3.05, 3.63) is 22.3 Å². The first kappa shape index (κ1) is 33.3. The second-order valence-electron chi connectivity index (χ2n) is 12.5. The van der Waals surface area contributed by atoms with Crippen LogP contribution >= 0.6 is 0 Å². The maximum Gasteiger partial charge on any atom is 0.318 e. The fourth-order valence-electron chi connectivity index (χ4n) is 8.40. The molecular formula is C30H34O15. The first-order valence-electron chi connectivity index (χ1n) is 14.5. The summed E-state index contributed by atoms with van der Waals surface area (Å²) < 4.78 is 5.19. The first-order valence-corrected chi connectivity index (χ1v) is 14.5. The molecule has 0 heterocycles. The number of fused-ring (bicyclic) bond motifs is 2. The normalized spacial score (nSPS) is 34.5. The Bertz CT molecular complexity index is 1420. The van der Waals surface area contributed by atoms with Crippen LogP contribution in [0.5, 0.6) is 0 Å². The van der Waals surface area contributed by atoms with E-state index >= 15 is 0 Å². The van der Waals surface area contributed by atoms with Crippen LogP contribution in [0.15, 0.2) is 22.3 Å².